The van der Waals surface area contributed by atoms with Gasteiger partial charge in [0.2, 0.25) is 5.91 Å². The first-order valence-corrected chi connectivity index (χ1v) is 8.78. The standard InChI is InChI=1S/C21H20N4O/c1-2-24-18-6-4-3-5-16(18)17-12-15(7-8-19(17)24)25-13-14(9-10-22)11-20(25)21(23)26/h3-9,12,20H,2,11,13H2,1H3,(H2,23,26)/b14-9-/t20-/m0/s1. The monoisotopic (exact) mass is 344 g/mol. The first-order valence-electron chi connectivity index (χ1n) is 8.78. The fourth-order valence-corrected chi connectivity index (χ4v) is 4.03. The molecule has 0 bridgehead atoms. The molecule has 1 fully saturated rings. The molecule has 0 aliphatic carbocycles. The number of carbonyl (C=O) groups excluding carboxylic acids is 1. The molecule has 1 aliphatic rings. The van der Waals surface area contributed by atoms with Crippen molar-refractivity contribution in [1.82, 2.24) is 4.57 Å². The number of rotatable bonds is 3. The summed E-state index contributed by atoms with van der Waals surface area (Å²) in [6, 6.07) is 16.3. The van der Waals surface area contributed by atoms with Gasteiger partial charge >= 0.3 is 0 Å². The smallest absolute Gasteiger partial charge is 0.240 e. The van der Waals surface area contributed by atoms with Crippen molar-refractivity contribution in [1.29, 1.82) is 5.26 Å². The van der Waals surface area contributed by atoms with Gasteiger partial charge in [0, 0.05) is 53.1 Å². The molecular weight excluding hydrogens is 324 g/mol. The third kappa shape index (κ3) is 2.42. The van der Waals surface area contributed by atoms with Crippen LogP contribution in [0.3, 0.4) is 0 Å². The van der Waals surface area contributed by atoms with E-state index >= 15 is 0 Å². The van der Waals surface area contributed by atoms with Crippen LogP contribution in [0.5, 0.6) is 0 Å². The summed E-state index contributed by atoms with van der Waals surface area (Å²) in [5, 5.41) is 11.3. The van der Waals surface area contributed by atoms with Crippen LogP contribution in [0.2, 0.25) is 0 Å². The summed E-state index contributed by atoms with van der Waals surface area (Å²) >= 11 is 0. The molecule has 1 aromatic heterocycles. The number of carbonyl (C=O) groups is 1. The molecule has 5 heteroatoms. The van der Waals surface area contributed by atoms with Crippen LogP contribution in [0.15, 0.2) is 54.1 Å². The molecule has 0 saturated carbocycles. The van der Waals surface area contributed by atoms with Gasteiger partial charge in [-0.1, -0.05) is 18.2 Å². The zero-order valence-corrected chi connectivity index (χ0v) is 14.6. The van der Waals surface area contributed by atoms with Crippen molar-refractivity contribution in [3.8, 4) is 6.07 Å². The van der Waals surface area contributed by atoms with Crippen molar-refractivity contribution < 1.29 is 4.79 Å². The van der Waals surface area contributed by atoms with Crippen LogP contribution in [0.25, 0.3) is 21.8 Å². The Morgan fingerprint density at radius 1 is 1.27 bits per heavy atom. The summed E-state index contributed by atoms with van der Waals surface area (Å²) in [4.78, 5) is 13.9. The Morgan fingerprint density at radius 3 is 2.77 bits per heavy atom. The lowest BCUT2D eigenvalue weighted by atomic mass is 10.1. The van der Waals surface area contributed by atoms with Gasteiger partial charge in [0.25, 0.3) is 0 Å². The average molecular weight is 344 g/mol. The number of amides is 1. The predicted octanol–water partition coefficient (Wildman–Crippen LogP) is 3.33. The van der Waals surface area contributed by atoms with E-state index < -0.39 is 6.04 Å². The predicted molar refractivity (Wildman–Crippen MR) is 104 cm³/mol. The number of benzene rings is 2. The highest BCUT2D eigenvalue weighted by molar-refractivity contribution is 6.09. The number of nitriles is 1. The number of primary amides is 1. The number of hydrogen-bond acceptors (Lipinski definition) is 3. The first kappa shape index (κ1) is 16.2. The van der Waals surface area contributed by atoms with Crippen LogP contribution in [0.1, 0.15) is 13.3 Å². The largest absolute Gasteiger partial charge is 0.368 e. The summed E-state index contributed by atoms with van der Waals surface area (Å²) in [5.41, 5.74) is 9.90. The second-order valence-corrected chi connectivity index (χ2v) is 6.64. The lowest BCUT2D eigenvalue weighted by Gasteiger charge is -2.24. The summed E-state index contributed by atoms with van der Waals surface area (Å²) < 4.78 is 2.30. The van der Waals surface area contributed by atoms with E-state index in [1.54, 1.807) is 0 Å². The Labute approximate surface area is 151 Å². The second-order valence-electron chi connectivity index (χ2n) is 6.64. The van der Waals surface area contributed by atoms with Gasteiger partial charge in [-0.15, -0.1) is 0 Å². The van der Waals surface area contributed by atoms with Crippen molar-refractivity contribution in [2.45, 2.75) is 25.9 Å². The minimum Gasteiger partial charge on any atom is -0.368 e. The highest BCUT2D eigenvalue weighted by Crippen LogP contribution is 2.35. The number of nitrogens with two attached hydrogens (primary N) is 1. The molecule has 3 aromatic rings. The fourth-order valence-electron chi connectivity index (χ4n) is 4.03. The van der Waals surface area contributed by atoms with Gasteiger partial charge in [-0.2, -0.15) is 5.26 Å². The van der Waals surface area contributed by atoms with Crippen LogP contribution >= 0.6 is 0 Å². The molecule has 26 heavy (non-hydrogen) atoms. The first-order chi connectivity index (χ1) is 12.6. The number of aryl methyl sites for hydroxylation is 1. The van der Waals surface area contributed by atoms with Crippen LogP contribution in [-0.2, 0) is 11.3 Å². The summed E-state index contributed by atoms with van der Waals surface area (Å²) in [6.07, 6.45) is 2.04. The van der Waals surface area contributed by atoms with Crippen LogP contribution in [-0.4, -0.2) is 23.1 Å². The number of aromatic nitrogens is 1. The van der Waals surface area contributed by atoms with E-state index in [1.807, 2.05) is 17.0 Å². The van der Waals surface area contributed by atoms with E-state index in [9.17, 15) is 4.79 Å². The Hall–Kier alpha value is -3.26. The molecular formula is C21H20N4O. The number of nitrogens with zero attached hydrogens (tertiary/aromatic N) is 3. The van der Waals surface area contributed by atoms with Gasteiger partial charge in [0.15, 0.2) is 0 Å². The molecule has 0 spiro atoms. The Bertz CT molecular complexity index is 1090. The van der Waals surface area contributed by atoms with Gasteiger partial charge in [0.05, 0.1) is 6.07 Å². The summed E-state index contributed by atoms with van der Waals surface area (Å²) in [5.74, 6) is -0.359. The molecule has 0 radical (unpaired) electrons. The van der Waals surface area contributed by atoms with E-state index in [0.29, 0.717) is 13.0 Å². The Balaban J connectivity index is 1.87. The average Bonchev–Trinajstić information content (AvgIpc) is 3.21. The van der Waals surface area contributed by atoms with Crippen molar-refractivity contribution in [2.24, 2.45) is 5.73 Å². The highest BCUT2D eigenvalue weighted by Gasteiger charge is 2.32. The van der Waals surface area contributed by atoms with Crippen molar-refractivity contribution in [3.63, 3.8) is 0 Å². The van der Waals surface area contributed by atoms with Crippen LogP contribution in [0, 0.1) is 11.3 Å². The van der Waals surface area contributed by atoms with E-state index in [2.05, 4.69) is 47.9 Å². The normalized spacial score (nSPS) is 18.7. The maximum atomic E-state index is 11.9. The molecule has 2 N–H and O–H groups in total. The molecule has 130 valence electrons. The van der Waals surface area contributed by atoms with Gasteiger partial charge < -0.3 is 15.2 Å². The maximum Gasteiger partial charge on any atom is 0.240 e. The third-order valence-corrected chi connectivity index (χ3v) is 5.21. The van der Waals surface area contributed by atoms with Crippen molar-refractivity contribution >= 4 is 33.4 Å². The minimum atomic E-state index is -0.411. The molecule has 0 unspecified atom stereocenters. The van der Waals surface area contributed by atoms with Gasteiger partial charge in [-0.3, -0.25) is 4.79 Å². The third-order valence-electron chi connectivity index (χ3n) is 5.21. The highest BCUT2D eigenvalue weighted by atomic mass is 16.1. The molecule has 1 aliphatic heterocycles. The summed E-state index contributed by atoms with van der Waals surface area (Å²) in [6.45, 7) is 3.59. The molecule has 2 heterocycles. The minimum absolute atomic E-state index is 0.359. The van der Waals surface area contributed by atoms with E-state index in [0.717, 1.165) is 17.8 Å². The lowest BCUT2D eigenvalue weighted by molar-refractivity contribution is -0.119. The lowest BCUT2D eigenvalue weighted by Crippen LogP contribution is -2.40. The molecule has 1 saturated heterocycles. The van der Waals surface area contributed by atoms with Crippen LogP contribution in [0.4, 0.5) is 5.69 Å². The molecule has 1 atom stereocenters. The quantitative estimate of drug-likeness (QED) is 0.741. The maximum absolute atomic E-state index is 11.9. The number of hydrogen-bond donors (Lipinski definition) is 1. The fraction of sp³-hybridized carbons (Fsp3) is 0.238. The number of para-hydroxylation sites is 1. The van der Waals surface area contributed by atoms with Gasteiger partial charge in [-0.25, -0.2) is 0 Å². The van der Waals surface area contributed by atoms with Crippen molar-refractivity contribution in [2.75, 3.05) is 11.4 Å². The second kappa shape index (κ2) is 6.23. The van der Waals surface area contributed by atoms with Crippen LogP contribution < -0.4 is 10.6 Å². The van der Waals surface area contributed by atoms with Gasteiger partial charge in [0.1, 0.15) is 6.04 Å². The van der Waals surface area contributed by atoms with Crippen molar-refractivity contribution in [3.05, 3.63) is 54.1 Å². The summed E-state index contributed by atoms with van der Waals surface area (Å²) in [7, 11) is 0. The van der Waals surface area contributed by atoms with Gasteiger partial charge in [-0.05, 0) is 36.8 Å². The van der Waals surface area contributed by atoms with E-state index in [4.69, 9.17) is 11.0 Å². The molecule has 4 rings (SSSR count). The molecule has 1 amide bonds. The Kier molecular flexibility index (Phi) is 3.89. The number of fused-ring (bicyclic) bond motifs is 3. The van der Waals surface area contributed by atoms with E-state index in [1.165, 1.54) is 27.9 Å². The molecule has 2 aromatic carbocycles. The topological polar surface area (TPSA) is 75.1 Å². The molecule has 5 nitrogen and oxygen atoms in total. The number of allylic oxidation sites excluding steroid dienone is 1. The SMILES string of the molecule is CCn1c2ccccc2c2cc(N3C/C(=C\C#N)C[C@H]3C(N)=O)ccc21. The zero-order valence-electron chi connectivity index (χ0n) is 14.6. The van der Waals surface area contributed by atoms with E-state index in [-0.39, 0.29) is 5.91 Å². The number of anilines is 1. The zero-order chi connectivity index (χ0) is 18.3. The Morgan fingerprint density at radius 2 is 2.04 bits per heavy atom.